The van der Waals surface area contributed by atoms with Gasteiger partial charge >= 0.3 is 0 Å². The van der Waals surface area contributed by atoms with E-state index in [1.807, 2.05) is 6.08 Å². The summed E-state index contributed by atoms with van der Waals surface area (Å²) < 4.78 is 0.751. The van der Waals surface area contributed by atoms with Crippen LogP contribution >= 0.6 is 15.9 Å². The largest absolute Gasteiger partial charge is 0.325 e. The van der Waals surface area contributed by atoms with E-state index in [0.29, 0.717) is 29.8 Å². The van der Waals surface area contributed by atoms with Crippen molar-refractivity contribution in [2.45, 2.75) is 39.0 Å². The monoisotopic (exact) mass is 390 g/mol. The lowest BCUT2D eigenvalue weighted by molar-refractivity contribution is -0.117. The maximum atomic E-state index is 12.7. The lowest BCUT2D eigenvalue weighted by Gasteiger charge is -2.12. The number of ketones is 2. The number of rotatable bonds is 7. The molecule has 24 heavy (non-hydrogen) atoms. The van der Waals surface area contributed by atoms with Crippen molar-refractivity contribution < 1.29 is 14.4 Å². The van der Waals surface area contributed by atoms with Crippen LogP contribution in [-0.4, -0.2) is 23.7 Å². The van der Waals surface area contributed by atoms with E-state index in [9.17, 15) is 14.4 Å². The van der Waals surface area contributed by atoms with Crippen molar-refractivity contribution in [2.75, 3.05) is 5.32 Å². The first-order valence-corrected chi connectivity index (χ1v) is 8.63. The Labute approximate surface area is 149 Å². The van der Waals surface area contributed by atoms with Gasteiger partial charge in [-0.2, -0.15) is 0 Å². The van der Waals surface area contributed by atoms with Gasteiger partial charge in [-0.3, -0.25) is 14.6 Å². The third-order valence-corrected chi connectivity index (χ3v) is 4.02. The molecule has 0 unspecified atom stereocenters. The van der Waals surface area contributed by atoms with Gasteiger partial charge in [-0.1, -0.05) is 22.0 Å². The molecule has 0 saturated carbocycles. The quantitative estimate of drug-likeness (QED) is 0.712. The number of aliphatic imine (C=N–C) groups is 1. The van der Waals surface area contributed by atoms with Crippen LogP contribution in [0.5, 0.6) is 0 Å². The standard InChI is InChI=1S/C18H19BrN2O3/c1-12(22)5-4-7-17(23)21-15-9-8-13(19)11-14(15)18(24)16-6-2-3-10-20-16/h6,8-11H,2-5,7H2,1H3,(H,21,23). The number of benzene rings is 1. The van der Waals surface area contributed by atoms with Gasteiger partial charge in [0.2, 0.25) is 11.7 Å². The summed E-state index contributed by atoms with van der Waals surface area (Å²) in [6.45, 7) is 1.50. The van der Waals surface area contributed by atoms with Gasteiger partial charge in [0.05, 0.1) is 5.69 Å². The second-order valence-corrected chi connectivity index (χ2v) is 6.52. The lowest BCUT2D eigenvalue weighted by atomic mass is 10.0. The van der Waals surface area contributed by atoms with Gasteiger partial charge in [-0.05, 0) is 44.4 Å². The van der Waals surface area contributed by atoms with E-state index in [1.165, 1.54) is 6.92 Å². The molecule has 1 aliphatic rings. The topological polar surface area (TPSA) is 75.6 Å². The number of allylic oxidation sites excluding steroid dienone is 2. The number of nitrogens with zero attached hydrogens (tertiary/aromatic N) is 1. The fraction of sp³-hybridized carbons (Fsp3) is 0.333. The first-order valence-electron chi connectivity index (χ1n) is 7.83. The van der Waals surface area contributed by atoms with Crippen molar-refractivity contribution in [1.82, 2.24) is 0 Å². The van der Waals surface area contributed by atoms with Crippen LogP contribution in [0.4, 0.5) is 5.69 Å². The molecule has 0 spiro atoms. The summed E-state index contributed by atoms with van der Waals surface area (Å²) in [5.74, 6) is -0.371. The van der Waals surface area contributed by atoms with Crippen molar-refractivity contribution in [3.8, 4) is 0 Å². The zero-order valence-corrected chi connectivity index (χ0v) is 15.1. The highest BCUT2D eigenvalue weighted by Gasteiger charge is 2.18. The number of nitrogens with one attached hydrogen (secondary N) is 1. The third kappa shape index (κ3) is 5.23. The van der Waals surface area contributed by atoms with E-state index in [0.717, 1.165) is 17.3 Å². The minimum absolute atomic E-state index is 0.0596. The van der Waals surface area contributed by atoms with E-state index >= 15 is 0 Å². The Balaban J connectivity index is 2.14. The molecule has 0 radical (unpaired) electrons. The summed E-state index contributed by atoms with van der Waals surface area (Å²) >= 11 is 3.35. The summed E-state index contributed by atoms with van der Waals surface area (Å²) in [7, 11) is 0. The normalized spacial score (nSPS) is 13.3. The predicted molar refractivity (Wildman–Crippen MR) is 97.4 cm³/mol. The van der Waals surface area contributed by atoms with E-state index in [1.54, 1.807) is 24.4 Å². The Hall–Kier alpha value is -2.08. The zero-order valence-electron chi connectivity index (χ0n) is 13.5. The molecule has 126 valence electrons. The Kier molecular flexibility index (Phi) is 6.61. The van der Waals surface area contributed by atoms with Crippen LogP contribution in [0.3, 0.4) is 0 Å². The summed E-state index contributed by atoms with van der Waals surface area (Å²) in [4.78, 5) is 39.8. The summed E-state index contributed by atoms with van der Waals surface area (Å²) in [5.41, 5.74) is 1.25. The number of hydrogen-bond donors (Lipinski definition) is 1. The second kappa shape index (κ2) is 8.68. The first kappa shape index (κ1) is 18.3. The average molecular weight is 391 g/mol. The summed E-state index contributed by atoms with van der Waals surface area (Å²) in [6.07, 6.45) is 6.26. The Bertz CT molecular complexity index is 723. The highest BCUT2D eigenvalue weighted by atomic mass is 79.9. The smallest absolute Gasteiger partial charge is 0.224 e. The van der Waals surface area contributed by atoms with Crippen molar-refractivity contribution in [3.05, 3.63) is 40.0 Å². The van der Waals surface area contributed by atoms with Crippen molar-refractivity contribution >= 4 is 45.3 Å². The third-order valence-electron chi connectivity index (χ3n) is 3.53. The highest BCUT2D eigenvalue weighted by Crippen LogP contribution is 2.25. The molecule has 1 heterocycles. The number of amides is 1. The number of carbonyl (C=O) groups is 3. The van der Waals surface area contributed by atoms with E-state index < -0.39 is 0 Å². The molecule has 1 amide bonds. The SMILES string of the molecule is CC(=O)CCCC(=O)Nc1ccc(Br)cc1C(=O)C1=CCCC=N1. The molecule has 5 nitrogen and oxygen atoms in total. The van der Waals surface area contributed by atoms with Crippen LogP contribution in [0.15, 0.2) is 39.4 Å². The number of halogens is 1. The Morgan fingerprint density at radius 3 is 2.67 bits per heavy atom. The number of hydrogen-bond acceptors (Lipinski definition) is 4. The van der Waals surface area contributed by atoms with E-state index in [4.69, 9.17) is 0 Å². The zero-order chi connectivity index (χ0) is 17.5. The van der Waals surface area contributed by atoms with Gasteiger partial charge < -0.3 is 10.1 Å². The van der Waals surface area contributed by atoms with Crippen LogP contribution in [0, 0.1) is 0 Å². The molecule has 1 N–H and O–H groups in total. The maximum Gasteiger partial charge on any atom is 0.224 e. The molecule has 0 fully saturated rings. The Morgan fingerprint density at radius 1 is 1.21 bits per heavy atom. The van der Waals surface area contributed by atoms with E-state index in [-0.39, 0.29) is 23.9 Å². The molecule has 0 saturated heterocycles. The second-order valence-electron chi connectivity index (χ2n) is 5.60. The predicted octanol–water partition coefficient (Wildman–Crippen LogP) is 4.08. The van der Waals surface area contributed by atoms with Crippen LogP contribution < -0.4 is 5.32 Å². The van der Waals surface area contributed by atoms with Crippen LogP contribution in [-0.2, 0) is 9.59 Å². The maximum absolute atomic E-state index is 12.7. The molecule has 6 heteroatoms. The first-order chi connectivity index (χ1) is 11.5. The molecular weight excluding hydrogens is 372 g/mol. The molecule has 1 aliphatic heterocycles. The number of Topliss-reactive ketones (excluding diaryl/α,β-unsaturated/α-hetero) is 2. The Morgan fingerprint density at radius 2 is 2.00 bits per heavy atom. The van der Waals surface area contributed by atoms with Crippen molar-refractivity contribution in [3.63, 3.8) is 0 Å². The molecule has 0 aromatic heterocycles. The lowest BCUT2D eigenvalue weighted by Crippen LogP contribution is -2.15. The molecule has 0 atom stereocenters. The molecular formula is C18H19BrN2O3. The van der Waals surface area contributed by atoms with Crippen LogP contribution in [0.2, 0.25) is 0 Å². The average Bonchev–Trinajstić information content (AvgIpc) is 2.56. The van der Waals surface area contributed by atoms with Gasteiger partial charge in [0.1, 0.15) is 11.5 Å². The van der Waals surface area contributed by atoms with Crippen molar-refractivity contribution in [2.24, 2.45) is 4.99 Å². The molecule has 1 aromatic rings. The fourth-order valence-electron chi connectivity index (χ4n) is 2.32. The van der Waals surface area contributed by atoms with Gasteiger partial charge in [0.15, 0.2) is 0 Å². The molecule has 0 bridgehead atoms. The summed E-state index contributed by atoms with van der Waals surface area (Å²) in [6, 6.07) is 5.13. The van der Waals surface area contributed by atoms with Gasteiger partial charge in [0.25, 0.3) is 0 Å². The van der Waals surface area contributed by atoms with Crippen LogP contribution in [0.25, 0.3) is 0 Å². The molecule has 1 aromatic carbocycles. The highest BCUT2D eigenvalue weighted by molar-refractivity contribution is 9.10. The minimum atomic E-state index is -0.216. The number of anilines is 1. The van der Waals surface area contributed by atoms with Crippen LogP contribution in [0.1, 0.15) is 49.4 Å². The van der Waals surface area contributed by atoms with Gasteiger partial charge in [0, 0.05) is 29.1 Å². The molecule has 0 aliphatic carbocycles. The van der Waals surface area contributed by atoms with Crippen molar-refractivity contribution in [1.29, 1.82) is 0 Å². The van der Waals surface area contributed by atoms with E-state index in [2.05, 4.69) is 26.2 Å². The molecule has 2 rings (SSSR count). The fourth-order valence-corrected chi connectivity index (χ4v) is 2.68. The summed E-state index contributed by atoms with van der Waals surface area (Å²) in [5, 5.41) is 2.76. The van der Waals surface area contributed by atoms with Gasteiger partial charge in [-0.15, -0.1) is 0 Å². The minimum Gasteiger partial charge on any atom is -0.325 e. The number of carbonyl (C=O) groups excluding carboxylic acids is 3. The van der Waals surface area contributed by atoms with Gasteiger partial charge in [-0.25, -0.2) is 0 Å².